The summed E-state index contributed by atoms with van der Waals surface area (Å²) in [6.07, 6.45) is 3.67. The van der Waals surface area contributed by atoms with Crippen LogP contribution in [-0.4, -0.2) is 36.9 Å². The van der Waals surface area contributed by atoms with E-state index in [2.05, 4.69) is 11.9 Å². The fraction of sp³-hybridized carbons (Fsp3) is 0.269. The highest BCUT2D eigenvalue weighted by Crippen LogP contribution is 2.30. The Labute approximate surface area is 193 Å². The van der Waals surface area contributed by atoms with Gasteiger partial charge >= 0.3 is 0 Å². The van der Waals surface area contributed by atoms with Gasteiger partial charge in [-0.15, -0.1) is 0 Å². The van der Waals surface area contributed by atoms with Crippen LogP contribution >= 0.6 is 23.2 Å². The Hall–Kier alpha value is -2.33. The molecule has 0 amide bonds. The van der Waals surface area contributed by atoms with Crippen LogP contribution in [0.3, 0.4) is 0 Å². The SMILES string of the molecule is CN1CCCCC1COc1ccc(C(=O)c2ccc(Cl)cc2-c2ccc(Cl)cc2)cc1. The molecule has 1 atom stereocenters. The van der Waals surface area contributed by atoms with Crippen LogP contribution in [0.1, 0.15) is 35.2 Å². The van der Waals surface area contributed by atoms with Crippen molar-refractivity contribution in [3.63, 3.8) is 0 Å². The Morgan fingerprint density at radius 2 is 1.68 bits per heavy atom. The van der Waals surface area contributed by atoms with Gasteiger partial charge in [0, 0.05) is 27.2 Å². The lowest BCUT2D eigenvalue weighted by Crippen LogP contribution is -2.40. The standard InChI is InChI=1S/C26H25Cl2NO2/c1-29-15-3-2-4-22(29)17-31-23-12-7-19(8-13-23)26(30)24-14-11-21(28)16-25(24)18-5-9-20(27)10-6-18/h5-14,16,22H,2-4,15,17H2,1H3. The van der Waals surface area contributed by atoms with E-state index in [4.69, 9.17) is 27.9 Å². The van der Waals surface area contributed by atoms with Crippen LogP contribution in [0.25, 0.3) is 11.1 Å². The Balaban J connectivity index is 1.51. The first kappa shape index (κ1) is 21.9. The van der Waals surface area contributed by atoms with Gasteiger partial charge in [0.1, 0.15) is 12.4 Å². The zero-order chi connectivity index (χ0) is 21.8. The van der Waals surface area contributed by atoms with Gasteiger partial charge in [-0.1, -0.05) is 41.8 Å². The van der Waals surface area contributed by atoms with E-state index in [1.807, 2.05) is 54.6 Å². The maximum Gasteiger partial charge on any atom is 0.193 e. The maximum atomic E-state index is 13.3. The third-order valence-corrected chi connectivity index (χ3v) is 6.35. The first-order valence-corrected chi connectivity index (χ1v) is 11.3. The summed E-state index contributed by atoms with van der Waals surface area (Å²) in [5, 5.41) is 1.23. The molecule has 5 heteroatoms. The van der Waals surface area contributed by atoms with Crippen molar-refractivity contribution in [2.75, 3.05) is 20.2 Å². The normalized spacial score (nSPS) is 16.8. The van der Waals surface area contributed by atoms with E-state index in [0.717, 1.165) is 29.8 Å². The van der Waals surface area contributed by atoms with Gasteiger partial charge in [0.2, 0.25) is 0 Å². The molecule has 1 aliphatic rings. The number of piperidine rings is 1. The third-order valence-electron chi connectivity index (χ3n) is 5.86. The molecular formula is C26H25Cl2NO2. The number of halogens is 2. The predicted octanol–water partition coefficient (Wildman–Crippen LogP) is 6.75. The van der Waals surface area contributed by atoms with Crippen molar-refractivity contribution in [3.8, 4) is 16.9 Å². The van der Waals surface area contributed by atoms with Crippen LogP contribution < -0.4 is 4.74 Å². The first-order chi connectivity index (χ1) is 15.0. The van der Waals surface area contributed by atoms with Gasteiger partial charge in [-0.05, 0) is 92.2 Å². The molecule has 1 unspecified atom stereocenters. The number of ketones is 1. The van der Waals surface area contributed by atoms with E-state index in [0.29, 0.717) is 33.8 Å². The highest BCUT2D eigenvalue weighted by Gasteiger charge is 2.20. The molecule has 3 aromatic rings. The van der Waals surface area contributed by atoms with Gasteiger partial charge in [0.25, 0.3) is 0 Å². The van der Waals surface area contributed by atoms with Crippen molar-refractivity contribution >= 4 is 29.0 Å². The lowest BCUT2D eigenvalue weighted by Gasteiger charge is -2.32. The van der Waals surface area contributed by atoms with Crippen LogP contribution in [0.2, 0.25) is 10.0 Å². The van der Waals surface area contributed by atoms with Gasteiger partial charge in [-0.25, -0.2) is 0 Å². The minimum absolute atomic E-state index is 0.0554. The second kappa shape index (κ2) is 9.86. The molecule has 3 nitrogen and oxygen atoms in total. The molecule has 0 radical (unpaired) electrons. The predicted molar refractivity (Wildman–Crippen MR) is 128 cm³/mol. The molecule has 0 aromatic heterocycles. The molecular weight excluding hydrogens is 429 g/mol. The number of benzene rings is 3. The molecule has 1 heterocycles. The van der Waals surface area contributed by atoms with Gasteiger partial charge in [-0.3, -0.25) is 4.79 Å². The van der Waals surface area contributed by atoms with Crippen LogP contribution in [0, 0.1) is 0 Å². The smallest absolute Gasteiger partial charge is 0.193 e. The Kier molecular flexibility index (Phi) is 6.96. The minimum atomic E-state index is -0.0554. The number of ether oxygens (including phenoxy) is 1. The lowest BCUT2D eigenvalue weighted by atomic mass is 9.94. The summed E-state index contributed by atoms with van der Waals surface area (Å²) >= 11 is 12.2. The van der Waals surface area contributed by atoms with E-state index in [9.17, 15) is 4.79 Å². The van der Waals surface area contributed by atoms with Crippen LogP contribution in [0.15, 0.2) is 66.7 Å². The number of carbonyl (C=O) groups excluding carboxylic acids is 1. The second-order valence-electron chi connectivity index (χ2n) is 7.99. The summed E-state index contributed by atoms with van der Waals surface area (Å²) < 4.78 is 5.99. The summed E-state index contributed by atoms with van der Waals surface area (Å²) in [7, 11) is 2.15. The average Bonchev–Trinajstić information content (AvgIpc) is 2.79. The van der Waals surface area contributed by atoms with Crippen molar-refractivity contribution in [1.82, 2.24) is 4.90 Å². The number of hydrogen-bond donors (Lipinski definition) is 0. The maximum absolute atomic E-state index is 13.3. The summed E-state index contributed by atoms with van der Waals surface area (Å²) in [5.41, 5.74) is 2.89. The molecule has 0 aliphatic carbocycles. The summed E-state index contributed by atoms with van der Waals surface area (Å²) in [6, 6.07) is 20.6. The Morgan fingerprint density at radius 3 is 2.39 bits per heavy atom. The van der Waals surface area contributed by atoms with Crippen molar-refractivity contribution in [2.45, 2.75) is 25.3 Å². The Bertz CT molecular complexity index is 1050. The van der Waals surface area contributed by atoms with Gasteiger partial charge < -0.3 is 9.64 Å². The first-order valence-electron chi connectivity index (χ1n) is 10.5. The molecule has 0 N–H and O–H groups in total. The molecule has 0 spiro atoms. The van der Waals surface area contributed by atoms with E-state index >= 15 is 0 Å². The average molecular weight is 454 g/mol. The number of carbonyl (C=O) groups is 1. The number of likely N-dealkylation sites (N-methyl/N-ethyl adjacent to an activating group) is 1. The highest BCUT2D eigenvalue weighted by molar-refractivity contribution is 6.31. The topological polar surface area (TPSA) is 29.5 Å². The summed E-state index contributed by atoms with van der Waals surface area (Å²) in [5.74, 6) is 0.727. The quantitative estimate of drug-likeness (QED) is 0.386. The molecule has 3 aromatic carbocycles. The van der Waals surface area contributed by atoms with Crippen LogP contribution in [-0.2, 0) is 0 Å². The van der Waals surface area contributed by atoms with Gasteiger partial charge in [-0.2, -0.15) is 0 Å². The molecule has 1 saturated heterocycles. The molecule has 4 rings (SSSR count). The summed E-state index contributed by atoms with van der Waals surface area (Å²) in [6.45, 7) is 1.79. The van der Waals surface area contributed by atoms with E-state index in [1.165, 1.54) is 12.8 Å². The number of hydrogen-bond acceptors (Lipinski definition) is 3. The van der Waals surface area contributed by atoms with Gasteiger partial charge in [0.15, 0.2) is 5.78 Å². The largest absolute Gasteiger partial charge is 0.492 e. The van der Waals surface area contributed by atoms with Crippen LogP contribution in [0.5, 0.6) is 5.75 Å². The van der Waals surface area contributed by atoms with Crippen molar-refractivity contribution in [3.05, 3.63) is 87.9 Å². The molecule has 0 saturated carbocycles. The molecule has 160 valence electrons. The number of rotatable bonds is 6. The highest BCUT2D eigenvalue weighted by atomic mass is 35.5. The fourth-order valence-electron chi connectivity index (χ4n) is 3.99. The monoisotopic (exact) mass is 453 g/mol. The van der Waals surface area contributed by atoms with Crippen molar-refractivity contribution in [1.29, 1.82) is 0 Å². The van der Waals surface area contributed by atoms with Crippen molar-refractivity contribution in [2.24, 2.45) is 0 Å². The zero-order valence-electron chi connectivity index (χ0n) is 17.5. The third kappa shape index (κ3) is 5.30. The van der Waals surface area contributed by atoms with Crippen molar-refractivity contribution < 1.29 is 9.53 Å². The second-order valence-corrected chi connectivity index (χ2v) is 8.86. The van der Waals surface area contributed by atoms with Gasteiger partial charge in [0.05, 0.1) is 0 Å². The fourth-order valence-corrected chi connectivity index (χ4v) is 4.29. The Morgan fingerprint density at radius 1 is 0.968 bits per heavy atom. The van der Waals surface area contributed by atoms with E-state index < -0.39 is 0 Å². The number of likely N-dealkylation sites (tertiary alicyclic amines) is 1. The molecule has 1 aliphatic heterocycles. The minimum Gasteiger partial charge on any atom is -0.492 e. The molecule has 31 heavy (non-hydrogen) atoms. The lowest BCUT2D eigenvalue weighted by molar-refractivity contribution is 0.103. The zero-order valence-corrected chi connectivity index (χ0v) is 19.0. The number of nitrogens with zero attached hydrogens (tertiary/aromatic N) is 1. The van der Waals surface area contributed by atoms with E-state index in [1.54, 1.807) is 12.1 Å². The van der Waals surface area contributed by atoms with E-state index in [-0.39, 0.29) is 5.78 Å². The molecule has 0 bridgehead atoms. The molecule has 1 fully saturated rings. The van der Waals surface area contributed by atoms with Crippen LogP contribution in [0.4, 0.5) is 0 Å². The summed E-state index contributed by atoms with van der Waals surface area (Å²) in [4.78, 5) is 15.6.